The minimum absolute atomic E-state index is 0.914. The molecule has 2 aromatic rings. The molecule has 16 heavy (non-hydrogen) atoms. The largest absolute Gasteiger partial charge is 0.312 e. The van der Waals surface area contributed by atoms with Gasteiger partial charge in [0.2, 0.25) is 0 Å². The molecule has 1 aromatic carbocycles. The molecular weight excluding hydrogens is 284 g/mol. The van der Waals surface area contributed by atoms with Gasteiger partial charge in [-0.2, -0.15) is 0 Å². The van der Waals surface area contributed by atoms with E-state index in [4.69, 9.17) is 0 Å². The van der Waals surface area contributed by atoms with Gasteiger partial charge < -0.3 is 5.32 Å². The number of hydrogen-bond donors (Lipinski definition) is 1. The average molecular weight is 297 g/mol. The lowest BCUT2D eigenvalue weighted by atomic mass is 10.2. The minimum atomic E-state index is 0.914. The van der Waals surface area contributed by atoms with Crippen molar-refractivity contribution in [3.8, 4) is 0 Å². The second kappa shape index (κ2) is 6.13. The zero-order valence-corrected chi connectivity index (χ0v) is 11.2. The molecule has 4 heteroatoms. The third-order valence-corrected chi connectivity index (χ3v) is 3.45. The van der Waals surface area contributed by atoms with Gasteiger partial charge in [0, 0.05) is 29.4 Å². The molecule has 0 unspecified atom stereocenters. The molecule has 0 aliphatic carbocycles. The molecule has 1 N–H and O–H groups in total. The van der Waals surface area contributed by atoms with E-state index in [1.807, 2.05) is 5.51 Å². The van der Waals surface area contributed by atoms with E-state index in [0.29, 0.717) is 0 Å². The Bertz CT molecular complexity index is 411. The van der Waals surface area contributed by atoms with Crippen LogP contribution in [-0.4, -0.2) is 11.5 Å². The molecular formula is C12H13BrN2S. The van der Waals surface area contributed by atoms with Crippen LogP contribution in [0.25, 0.3) is 0 Å². The van der Waals surface area contributed by atoms with Crippen LogP contribution in [0.5, 0.6) is 0 Å². The monoisotopic (exact) mass is 296 g/mol. The first-order valence-corrected chi connectivity index (χ1v) is 6.90. The average Bonchev–Trinajstić information content (AvgIpc) is 2.80. The Balaban J connectivity index is 1.70. The third kappa shape index (κ3) is 3.70. The molecule has 1 heterocycles. The van der Waals surface area contributed by atoms with Crippen molar-refractivity contribution in [1.29, 1.82) is 0 Å². The summed E-state index contributed by atoms with van der Waals surface area (Å²) in [5.74, 6) is 0. The summed E-state index contributed by atoms with van der Waals surface area (Å²) < 4.78 is 1.12. The first-order chi connectivity index (χ1) is 7.84. The van der Waals surface area contributed by atoms with Crippen molar-refractivity contribution in [3.05, 3.63) is 50.9 Å². The molecule has 1 aromatic heterocycles. The number of thiazole rings is 1. The van der Waals surface area contributed by atoms with E-state index in [9.17, 15) is 0 Å². The van der Waals surface area contributed by atoms with Crippen molar-refractivity contribution in [2.24, 2.45) is 0 Å². The summed E-state index contributed by atoms with van der Waals surface area (Å²) in [6.45, 7) is 1.89. The highest BCUT2D eigenvalue weighted by Crippen LogP contribution is 2.10. The Morgan fingerprint density at radius 2 is 2.06 bits per heavy atom. The fraction of sp³-hybridized carbons (Fsp3) is 0.250. The zero-order chi connectivity index (χ0) is 11.2. The summed E-state index contributed by atoms with van der Waals surface area (Å²) in [4.78, 5) is 4.24. The van der Waals surface area contributed by atoms with Crippen molar-refractivity contribution in [2.45, 2.75) is 13.0 Å². The van der Waals surface area contributed by atoms with E-state index in [-0.39, 0.29) is 0 Å². The van der Waals surface area contributed by atoms with Crippen LogP contribution in [0.15, 0.2) is 39.6 Å². The van der Waals surface area contributed by atoms with Gasteiger partial charge in [0.15, 0.2) is 0 Å². The van der Waals surface area contributed by atoms with Crippen LogP contribution in [0.4, 0.5) is 0 Å². The lowest BCUT2D eigenvalue weighted by Gasteiger charge is -2.03. The minimum Gasteiger partial charge on any atom is -0.312 e. The van der Waals surface area contributed by atoms with Crippen molar-refractivity contribution in [1.82, 2.24) is 10.3 Å². The van der Waals surface area contributed by atoms with Crippen LogP contribution in [-0.2, 0) is 13.0 Å². The lowest BCUT2D eigenvalue weighted by Crippen LogP contribution is -2.16. The molecule has 0 bridgehead atoms. The highest BCUT2D eigenvalue weighted by atomic mass is 79.9. The van der Waals surface area contributed by atoms with Gasteiger partial charge in [0.25, 0.3) is 0 Å². The molecule has 2 nitrogen and oxygen atoms in total. The Hall–Kier alpha value is -0.710. The van der Waals surface area contributed by atoms with Gasteiger partial charge in [-0.25, -0.2) is 4.98 Å². The van der Waals surface area contributed by atoms with Crippen LogP contribution in [0, 0.1) is 0 Å². The predicted octanol–water partition coefficient (Wildman–Crippen LogP) is 3.24. The maximum absolute atomic E-state index is 4.24. The molecule has 0 fully saturated rings. The van der Waals surface area contributed by atoms with E-state index in [1.54, 1.807) is 11.3 Å². The second-order valence-corrected chi connectivity index (χ2v) is 5.17. The molecule has 0 atom stereocenters. The summed E-state index contributed by atoms with van der Waals surface area (Å²) >= 11 is 5.08. The van der Waals surface area contributed by atoms with Gasteiger partial charge in [0.1, 0.15) is 0 Å². The summed E-state index contributed by atoms with van der Waals surface area (Å²) in [5, 5.41) is 5.51. The van der Waals surface area contributed by atoms with Crippen LogP contribution < -0.4 is 5.32 Å². The smallest absolute Gasteiger partial charge is 0.0794 e. The van der Waals surface area contributed by atoms with Crippen LogP contribution in [0.1, 0.15) is 11.3 Å². The molecule has 0 aliphatic rings. The summed E-state index contributed by atoms with van der Waals surface area (Å²) in [6, 6.07) is 8.38. The Morgan fingerprint density at radius 3 is 2.75 bits per heavy atom. The summed E-state index contributed by atoms with van der Waals surface area (Å²) in [5.41, 5.74) is 4.36. The number of halogens is 1. The zero-order valence-electron chi connectivity index (χ0n) is 8.82. The van der Waals surface area contributed by atoms with Gasteiger partial charge in [-0.05, 0) is 17.7 Å². The summed E-state index contributed by atoms with van der Waals surface area (Å²) in [6.07, 6.45) is 1.00. The maximum Gasteiger partial charge on any atom is 0.0794 e. The number of nitrogens with one attached hydrogen (secondary N) is 1. The van der Waals surface area contributed by atoms with Crippen molar-refractivity contribution in [2.75, 3.05) is 6.54 Å². The molecule has 0 amide bonds. The third-order valence-electron chi connectivity index (χ3n) is 2.28. The first-order valence-electron chi connectivity index (χ1n) is 5.17. The number of benzene rings is 1. The molecule has 0 saturated heterocycles. The number of nitrogens with zero attached hydrogens (tertiary/aromatic N) is 1. The van der Waals surface area contributed by atoms with Gasteiger partial charge in [0.05, 0.1) is 11.2 Å². The van der Waals surface area contributed by atoms with E-state index in [0.717, 1.165) is 24.0 Å². The van der Waals surface area contributed by atoms with Gasteiger partial charge in [-0.3, -0.25) is 0 Å². The SMILES string of the molecule is Brc1ccc(CNCCc2cscn2)cc1. The molecule has 0 aliphatic heterocycles. The standard InChI is InChI=1S/C12H13BrN2S/c13-11-3-1-10(2-4-11)7-14-6-5-12-8-16-9-15-12/h1-4,8-9,14H,5-7H2. The van der Waals surface area contributed by atoms with E-state index < -0.39 is 0 Å². The summed E-state index contributed by atoms with van der Waals surface area (Å²) in [7, 11) is 0. The Morgan fingerprint density at radius 1 is 1.25 bits per heavy atom. The fourth-order valence-corrected chi connectivity index (χ4v) is 2.27. The predicted molar refractivity (Wildman–Crippen MR) is 71.7 cm³/mol. The highest BCUT2D eigenvalue weighted by molar-refractivity contribution is 9.10. The van der Waals surface area contributed by atoms with E-state index in [1.165, 1.54) is 11.3 Å². The molecule has 0 radical (unpaired) electrons. The van der Waals surface area contributed by atoms with E-state index >= 15 is 0 Å². The molecule has 0 saturated carbocycles. The van der Waals surface area contributed by atoms with Crippen molar-refractivity contribution < 1.29 is 0 Å². The Labute approximate surface area is 108 Å². The Kier molecular flexibility index (Phi) is 4.51. The van der Waals surface area contributed by atoms with Crippen molar-refractivity contribution >= 4 is 27.3 Å². The molecule has 2 rings (SSSR count). The fourth-order valence-electron chi connectivity index (χ4n) is 1.41. The second-order valence-electron chi connectivity index (χ2n) is 3.53. The highest BCUT2D eigenvalue weighted by Gasteiger charge is 1.95. The molecule has 84 valence electrons. The quantitative estimate of drug-likeness (QED) is 0.857. The maximum atomic E-state index is 4.24. The van der Waals surface area contributed by atoms with E-state index in [2.05, 4.69) is 55.9 Å². The topological polar surface area (TPSA) is 24.9 Å². The van der Waals surface area contributed by atoms with Crippen LogP contribution in [0.2, 0.25) is 0 Å². The number of rotatable bonds is 5. The number of hydrogen-bond acceptors (Lipinski definition) is 3. The number of aromatic nitrogens is 1. The van der Waals surface area contributed by atoms with Gasteiger partial charge >= 0.3 is 0 Å². The van der Waals surface area contributed by atoms with Crippen LogP contribution in [0.3, 0.4) is 0 Å². The van der Waals surface area contributed by atoms with Gasteiger partial charge in [-0.15, -0.1) is 11.3 Å². The van der Waals surface area contributed by atoms with Crippen molar-refractivity contribution in [3.63, 3.8) is 0 Å². The lowest BCUT2D eigenvalue weighted by molar-refractivity contribution is 0.681. The van der Waals surface area contributed by atoms with Gasteiger partial charge in [-0.1, -0.05) is 28.1 Å². The first kappa shape index (κ1) is 11.8. The van der Waals surface area contributed by atoms with Crippen LogP contribution >= 0.6 is 27.3 Å². The normalized spacial score (nSPS) is 10.6. The molecule has 0 spiro atoms.